The highest BCUT2D eigenvalue weighted by Gasteiger charge is 2.23. The normalized spacial score (nSPS) is 20.1. The van der Waals surface area contributed by atoms with Crippen molar-refractivity contribution < 1.29 is 9.53 Å². The maximum Gasteiger partial charge on any atom is 0.270 e. The predicted molar refractivity (Wildman–Crippen MR) is 69.7 cm³/mol. The number of hydrogen-bond acceptors (Lipinski definition) is 3. The standard InChI is InChI=1S/C13H21N3O2/c1-11-10-16(7-5-14-11)13(17)12-4-3-6-15(12)8-9-18-2/h3-4,6,11,14H,5,7-10H2,1-2H3. The molecule has 0 bridgehead atoms. The zero-order valence-electron chi connectivity index (χ0n) is 11.1. The van der Waals surface area contributed by atoms with Crippen LogP contribution < -0.4 is 5.32 Å². The molecule has 1 amide bonds. The fraction of sp³-hybridized carbons (Fsp3) is 0.615. The number of methoxy groups -OCH3 is 1. The summed E-state index contributed by atoms with van der Waals surface area (Å²) >= 11 is 0. The number of carbonyl (C=O) groups is 1. The Kier molecular flexibility index (Phi) is 4.38. The van der Waals surface area contributed by atoms with E-state index in [2.05, 4.69) is 12.2 Å². The van der Waals surface area contributed by atoms with E-state index in [1.54, 1.807) is 7.11 Å². The molecule has 18 heavy (non-hydrogen) atoms. The number of aromatic nitrogens is 1. The van der Waals surface area contributed by atoms with Gasteiger partial charge in [-0.2, -0.15) is 0 Å². The van der Waals surface area contributed by atoms with Crippen molar-refractivity contribution in [1.29, 1.82) is 0 Å². The van der Waals surface area contributed by atoms with Crippen LogP contribution in [0.3, 0.4) is 0 Å². The summed E-state index contributed by atoms with van der Waals surface area (Å²) in [6.07, 6.45) is 1.93. The third-order valence-electron chi connectivity index (χ3n) is 3.24. The molecular formula is C13H21N3O2. The highest BCUT2D eigenvalue weighted by Crippen LogP contribution is 2.09. The molecule has 1 N–H and O–H groups in total. The molecule has 5 nitrogen and oxygen atoms in total. The first-order valence-electron chi connectivity index (χ1n) is 6.39. The van der Waals surface area contributed by atoms with Crippen molar-refractivity contribution in [3.63, 3.8) is 0 Å². The molecule has 1 unspecified atom stereocenters. The number of amides is 1. The Bertz CT molecular complexity index is 403. The van der Waals surface area contributed by atoms with E-state index >= 15 is 0 Å². The van der Waals surface area contributed by atoms with Crippen molar-refractivity contribution in [2.24, 2.45) is 0 Å². The summed E-state index contributed by atoms with van der Waals surface area (Å²) in [6, 6.07) is 4.16. The van der Waals surface area contributed by atoms with Crippen LogP contribution in [0.5, 0.6) is 0 Å². The molecule has 1 aromatic heterocycles. The summed E-state index contributed by atoms with van der Waals surface area (Å²) in [5, 5.41) is 3.34. The van der Waals surface area contributed by atoms with Crippen molar-refractivity contribution in [3.8, 4) is 0 Å². The number of rotatable bonds is 4. The largest absolute Gasteiger partial charge is 0.383 e. The smallest absolute Gasteiger partial charge is 0.270 e. The minimum atomic E-state index is 0.115. The predicted octanol–water partition coefficient (Wildman–Crippen LogP) is 0.568. The van der Waals surface area contributed by atoms with E-state index in [-0.39, 0.29) is 5.91 Å². The number of piperazine rings is 1. The number of hydrogen-bond donors (Lipinski definition) is 1. The molecule has 2 rings (SSSR count). The SMILES string of the molecule is COCCn1cccc1C(=O)N1CCNC(C)C1. The van der Waals surface area contributed by atoms with E-state index in [1.165, 1.54) is 0 Å². The summed E-state index contributed by atoms with van der Waals surface area (Å²) in [7, 11) is 1.67. The second kappa shape index (κ2) is 6.02. The van der Waals surface area contributed by atoms with Crippen molar-refractivity contribution in [1.82, 2.24) is 14.8 Å². The molecular weight excluding hydrogens is 230 g/mol. The van der Waals surface area contributed by atoms with Crippen LogP contribution in [-0.4, -0.2) is 54.8 Å². The molecule has 1 aromatic rings. The molecule has 1 fully saturated rings. The van der Waals surface area contributed by atoms with Crippen LogP contribution >= 0.6 is 0 Å². The molecule has 2 heterocycles. The molecule has 0 aromatic carbocycles. The highest BCUT2D eigenvalue weighted by molar-refractivity contribution is 5.92. The first-order chi connectivity index (χ1) is 8.72. The van der Waals surface area contributed by atoms with E-state index in [0.29, 0.717) is 19.2 Å². The summed E-state index contributed by atoms with van der Waals surface area (Å²) in [4.78, 5) is 14.3. The zero-order chi connectivity index (χ0) is 13.0. The number of carbonyl (C=O) groups excluding carboxylic acids is 1. The van der Waals surface area contributed by atoms with E-state index < -0.39 is 0 Å². The molecule has 100 valence electrons. The molecule has 0 aliphatic carbocycles. The van der Waals surface area contributed by atoms with Crippen molar-refractivity contribution in [2.45, 2.75) is 19.5 Å². The van der Waals surface area contributed by atoms with Gasteiger partial charge in [-0.05, 0) is 19.1 Å². The highest BCUT2D eigenvalue weighted by atomic mass is 16.5. The first kappa shape index (κ1) is 13.1. The van der Waals surface area contributed by atoms with Gasteiger partial charge in [0.25, 0.3) is 5.91 Å². The van der Waals surface area contributed by atoms with Crippen LogP contribution in [0.2, 0.25) is 0 Å². The Morgan fingerprint density at radius 2 is 2.44 bits per heavy atom. The van der Waals surface area contributed by atoms with Crippen LogP contribution in [0.15, 0.2) is 18.3 Å². The number of ether oxygens (including phenoxy) is 1. The van der Waals surface area contributed by atoms with Gasteiger partial charge in [0.2, 0.25) is 0 Å². The summed E-state index contributed by atoms with van der Waals surface area (Å²) in [6.45, 7) is 5.85. The average molecular weight is 251 g/mol. The van der Waals surface area contributed by atoms with E-state index in [9.17, 15) is 4.79 Å². The van der Waals surface area contributed by atoms with Crippen molar-refractivity contribution in [2.75, 3.05) is 33.4 Å². The first-order valence-corrected chi connectivity index (χ1v) is 6.39. The lowest BCUT2D eigenvalue weighted by atomic mass is 10.2. The van der Waals surface area contributed by atoms with E-state index in [0.717, 1.165) is 25.3 Å². The maximum atomic E-state index is 12.4. The van der Waals surface area contributed by atoms with Gasteiger partial charge in [0.1, 0.15) is 5.69 Å². The van der Waals surface area contributed by atoms with Gasteiger partial charge < -0.3 is 19.5 Å². The van der Waals surface area contributed by atoms with Crippen LogP contribution in [0.1, 0.15) is 17.4 Å². The van der Waals surface area contributed by atoms with Gasteiger partial charge in [-0.25, -0.2) is 0 Å². The quantitative estimate of drug-likeness (QED) is 0.851. The molecule has 1 saturated heterocycles. The summed E-state index contributed by atoms with van der Waals surface area (Å²) in [5.74, 6) is 0.115. The molecule has 5 heteroatoms. The molecule has 1 aliphatic heterocycles. The topological polar surface area (TPSA) is 46.5 Å². The van der Waals surface area contributed by atoms with Crippen LogP contribution in [0.25, 0.3) is 0 Å². The van der Waals surface area contributed by atoms with Gasteiger partial charge in [-0.1, -0.05) is 0 Å². The Labute approximate surface area is 108 Å². The fourth-order valence-electron chi connectivity index (χ4n) is 2.27. The van der Waals surface area contributed by atoms with Crippen molar-refractivity contribution in [3.05, 3.63) is 24.0 Å². The van der Waals surface area contributed by atoms with E-state index in [1.807, 2.05) is 27.8 Å². The second-order valence-corrected chi connectivity index (χ2v) is 4.69. The monoisotopic (exact) mass is 251 g/mol. The minimum absolute atomic E-state index is 0.115. The van der Waals surface area contributed by atoms with Crippen LogP contribution in [0.4, 0.5) is 0 Å². The minimum Gasteiger partial charge on any atom is -0.383 e. The third kappa shape index (κ3) is 2.91. The average Bonchev–Trinajstić information content (AvgIpc) is 2.83. The molecule has 0 radical (unpaired) electrons. The van der Waals surface area contributed by atoms with E-state index in [4.69, 9.17) is 4.74 Å². The van der Waals surface area contributed by atoms with Crippen molar-refractivity contribution >= 4 is 5.91 Å². The lowest BCUT2D eigenvalue weighted by Gasteiger charge is -2.32. The Balaban J connectivity index is 2.05. The summed E-state index contributed by atoms with van der Waals surface area (Å²) in [5.41, 5.74) is 0.751. The van der Waals surface area contributed by atoms with Crippen LogP contribution in [-0.2, 0) is 11.3 Å². The maximum absolute atomic E-state index is 12.4. The van der Waals surface area contributed by atoms with Gasteiger partial charge in [0.15, 0.2) is 0 Å². The molecule has 0 saturated carbocycles. The molecule has 1 atom stereocenters. The molecule has 1 aliphatic rings. The number of nitrogens with zero attached hydrogens (tertiary/aromatic N) is 2. The lowest BCUT2D eigenvalue weighted by molar-refractivity contribution is 0.0695. The molecule has 0 spiro atoms. The van der Waals surface area contributed by atoms with Gasteiger partial charge in [-0.15, -0.1) is 0 Å². The Morgan fingerprint density at radius 1 is 1.61 bits per heavy atom. The third-order valence-corrected chi connectivity index (χ3v) is 3.24. The number of nitrogens with one attached hydrogen (secondary N) is 1. The summed E-state index contributed by atoms with van der Waals surface area (Å²) < 4.78 is 7.01. The Morgan fingerprint density at radius 3 is 3.17 bits per heavy atom. The second-order valence-electron chi connectivity index (χ2n) is 4.69. The fourth-order valence-corrected chi connectivity index (χ4v) is 2.27. The lowest BCUT2D eigenvalue weighted by Crippen LogP contribution is -2.51. The van der Waals surface area contributed by atoms with Gasteiger partial charge in [-0.3, -0.25) is 4.79 Å². The Hall–Kier alpha value is -1.33. The van der Waals surface area contributed by atoms with Gasteiger partial charge >= 0.3 is 0 Å². The van der Waals surface area contributed by atoms with Gasteiger partial charge in [0.05, 0.1) is 6.61 Å². The van der Waals surface area contributed by atoms with Crippen LogP contribution in [0, 0.1) is 0 Å². The van der Waals surface area contributed by atoms with Gasteiger partial charge in [0, 0.05) is 45.5 Å². The zero-order valence-corrected chi connectivity index (χ0v) is 11.1.